The summed E-state index contributed by atoms with van der Waals surface area (Å²) < 4.78 is 40.5. The largest absolute Gasteiger partial charge is 0.505 e. The van der Waals surface area contributed by atoms with Crippen LogP contribution >= 0.6 is 35.1 Å². The summed E-state index contributed by atoms with van der Waals surface area (Å²) in [5.41, 5.74) is 1.77. The fourth-order valence-corrected chi connectivity index (χ4v) is 3.29. The lowest BCUT2D eigenvalue weighted by atomic mass is 10.2. The molecule has 0 atom stereocenters. The van der Waals surface area contributed by atoms with Crippen LogP contribution in [0.2, 0.25) is 10.2 Å². The molecule has 0 aliphatic carbocycles. The number of anilines is 1. The number of hydrogen-bond donors (Lipinski definition) is 2. The van der Waals surface area contributed by atoms with Gasteiger partial charge in [0.2, 0.25) is 0 Å². The van der Waals surface area contributed by atoms with Crippen molar-refractivity contribution in [2.45, 2.75) is 18.1 Å². The van der Waals surface area contributed by atoms with Crippen LogP contribution in [0.15, 0.2) is 29.4 Å². The van der Waals surface area contributed by atoms with Crippen LogP contribution in [0.3, 0.4) is 0 Å². The van der Waals surface area contributed by atoms with Crippen molar-refractivity contribution in [2.75, 3.05) is 4.72 Å². The van der Waals surface area contributed by atoms with Crippen molar-refractivity contribution in [3.05, 3.63) is 40.3 Å². The van der Waals surface area contributed by atoms with Crippen LogP contribution in [0, 0.1) is 6.92 Å². The van der Waals surface area contributed by atoms with Crippen LogP contribution in [-0.2, 0) is 6.30 Å². The molecular weight excluding hydrogens is 372 g/mol. The molecule has 0 bridgehead atoms. The van der Waals surface area contributed by atoms with Gasteiger partial charge in [-0.25, -0.2) is 0 Å². The van der Waals surface area contributed by atoms with E-state index in [9.17, 15) is 13.2 Å². The summed E-state index contributed by atoms with van der Waals surface area (Å²) in [4.78, 5) is 3.83. The van der Waals surface area contributed by atoms with Gasteiger partial charge >= 0.3 is 6.30 Å². The number of aromatic amines is 1. The Kier molecular flexibility index (Phi) is 4.16. The van der Waals surface area contributed by atoms with Gasteiger partial charge < -0.3 is 9.71 Å². The predicted molar refractivity (Wildman–Crippen MR) is 86.1 cm³/mol. The Morgan fingerprint density at radius 2 is 2.04 bits per heavy atom. The van der Waals surface area contributed by atoms with Gasteiger partial charge in [-0.3, -0.25) is 0 Å². The molecule has 4 nitrogen and oxygen atoms in total. The zero-order valence-electron chi connectivity index (χ0n) is 11.5. The molecule has 1 aromatic carbocycles. The highest BCUT2D eigenvalue weighted by Gasteiger charge is 2.35. The fraction of sp³-hybridized carbons (Fsp3) is 0.154. The molecule has 0 saturated heterocycles. The van der Waals surface area contributed by atoms with Gasteiger partial charge in [0.25, 0.3) is 0 Å². The Morgan fingerprint density at radius 1 is 1.30 bits per heavy atom. The minimum absolute atomic E-state index is 0.0709. The normalized spacial score (nSPS) is 12.1. The molecule has 3 aromatic rings. The number of rotatable bonds is 3. The van der Waals surface area contributed by atoms with E-state index in [1.807, 2.05) is 19.1 Å². The van der Waals surface area contributed by atoms with Crippen molar-refractivity contribution in [1.82, 2.24) is 14.8 Å². The summed E-state index contributed by atoms with van der Waals surface area (Å²) in [5.74, 6) is 0. The summed E-state index contributed by atoms with van der Waals surface area (Å²) in [6.45, 7) is 1.89. The van der Waals surface area contributed by atoms with Crippen LogP contribution in [-0.4, -0.2) is 14.8 Å². The Hall–Kier alpha value is -1.51. The molecule has 0 aliphatic heterocycles. The first kappa shape index (κ1) is 16.4. The van der Waals surface area contributed by atoms with Gasteiger partial charge in [0.1, 0.15) is 5.69 Å². The van der Waals surface area contributed by atoms with Crippen molar-refractivity contribution in [1.29, 1.82) is 0 Å². The van der Waals surface area contributed by atoms with Crippen LogP contribution < -0.4 is 4.72 Å². The molecule has 3 rings (SSSR count). The zero-order chi connectivity index (χ0) is 16.8. The van der Waals surface area contributed by atoms with E-state index in [2.05, 4.69) is 14.8 Å². The zero-order valence-corrected chi connectivity index (χ0v) is 13.8. The van der Waals surface area contributed by atoms with E-state index in [4.69, 9.17) is 23.2 Å². The highest BCUT2D eigenvalue weighted by molar-refractivity contribution is 8.00. The Bertz CT molecular complexity index is 872. The van der Waals surface area contributed by atoms with E-state index in [0.717, 1.165) is 39.5 Å². The Balaban J connectivity index is 1.85. The van der Waals surface area contributed by atoms with Gasteiger partial charge in [-0.05, 0) is 24.4 Å². The van der Waals surface area contributed by atoms with E-state index in [1.165, 1.54) is 0 Å². The summed E-state index contributed by atoms with van der Waals surface area (Å²) in [6, 6.07) is 3.76. The number of halogens is 5. The first-order valence-electron chi connectivity index (χ1n) is 6.29. The lowest BCUT2D eigenvalue weighted by Crippen LogP contribution is -2.18. The minimum atomic E-state index is -4.66. The van der Waals surface area contributed by atoms with Crippen molar-refractivity contribution in [3.8, 4) is 0 Å². The maximum Gasteiger partial charge on any atom is 0.505 e. The van der Waals surface area contributed by atoms with Gasteiger partial charge in [0.05, 0.1) is 21.6 Å². The maximum absolute atomic E-state index is 12.6. The first-order valence-corrected chi connectivity index (χ1v) is 7.86. The van der Waals surface area contributed by atoms with E-state index in [-0.39, 0.29) is 10.4 Å². The number of hydrogen-bond acceptors (Lipinski definition) is 3. The number of aromatic nitrogens is 3. The second kappa shape index (κ2) is 5.85. The van der Waals surface area contributed by atoms with Gasteiger partial charge in [-0.15, -0.1) is 13.2 Å². The highest BCUT2D eigenvalue weighted by Crippen LogP contribution is 2.36. The van der Waals surface area contributed by atoms with Crippen LogP contribution in [0.25, 0.3) is 10.9 Å². The quantitative estimate of drug-likeness (QED) is 0.583. The van der Waals surface area contributed by atoms with E-state index in [0.29, 0.717) is 5.02 Å². The van der Waals surface area contributed by atoms with Crippen molar-refractivity contribution >= 4 is 51.7 Å². The minimum Gasteiger partial charge on any atom is -0.359 e. The van der Waals surface area contributed by atoms with Crippen LogP contribution in [0.4, 0.5) is 18.9 Å². The predicted octanol–water partition coefficient (Wildman–Crippen LogP) is 5.58. The molecule has 0 radical (unpaired) electrons. The van der Waals surface area contributed by atoms with Gasteiger partial charge in [0.15, 0.2) is 5.15 Å². The molecule has 0 amide bonds. The monoisotopic (exact) mass is 380 g/mol. The summed E-state index contributed by atoms with van der Waals surface area (Å²) in [6.07, 6.45) is -1.92. The van der Waals surface area contributed by atoms with Crippen molar-refractivity contribution in [2.24, 2.45) is 0 Å². The molecule has 2 N–H and O–H groups in total. The average Bonchev–Trinajstić information content (AvgIpc) is 3.04. The Labute approximate surface area is 143 Å². The topological polar surface area (TPSA) is 45.6 Å². The highest BCUT2D eigenvalue weighted by atomic mass is 35.5. The number of nitrogens with zero attached hydrogens (tertiary/aromatic N) is 2. The number of H-pyrrole nitrogens is 1. The van der Waals surface area contributed by atoms with Crippen LogP contribution in [0.5, 0.6) is 0 Å². The molecule has 2 aromatic heterocycles. The van der Waals surface area contributed by atoms with Crippen molar-refractivity contribution < 1.29 is 13.2 Å². The van der Waals surface area contributed by atoms with E-state index < -0.39 is 11.5 Å². The summed E-state index contributed by atoms with van der Waals surface area (Å²) in [7, 11) is 0. The molecule has 0 unspecified atom stereocenters. The third-order valence-corrected chi connectivity index (χ3v) is 4.90. The first-order chi connectivity index (χ1) is 10.8. The number of fused-ring (bicyclic) bond motifs is 1. The molecule has 2 heterocycles. The molecular formula is C13H9Cl2F3N4S. The Morgan fingerprint density at radius 3 is 2.70 bits per heavy atom. The molecule has 10 heteroatoms. The van der Waals surface area contributed by atoms with E-state index in [1.54, 1.807) is 6.20 Å². The molecule has 0 saturated carbocycles. The molecule has 0 spiro atoms. The third-order valence-electron chi connectivity index (χ3n) is 3.17. The molecule has 0 aliphatic rings. The van der Waals surface area contributed by atoms with Gasteiger partial charge in [-0.1, -0.05) is 35.3 Å². The number of benzene rings is 1. The summed E-state index contributed by atoms with van der Waals surface area (Å²) in [5, 5.41) is 4.17. The number of alkyl halides is 3. The third kappa shape index (κ3) is 2.98. The summed E-state index contributed by atoms with van der Waals surface area (Å²) >= 11 is 13.0. The lowest BCUT2D eigenvalue weighted by molar-refractivity contribution is -0.212. The van der Waals surface area contributed by atoms with Gasteiger partial charge in [0, 0.05) is 11.6 Å². The average molecular weight is 381 g/mol. The van der Waals surface area contributed by atoms with E-state index >= 15 is 0 Å². The molecule has 122 valence electrons. The van der Waals surface area contributed by atoms with Crippen LogP contribution in [0.1, 0.15) is 5.56 Å². The smallest absolute Gasteiger partial charge is 0.359 e. The SMILES string of the molecule is Cc1ccc2c(SNc3cnn(C(F)(F)F)c3Cl)c[nH]c2c1Cl. The standard InChI is InChI=1S/C13H9Cl2F3N4S/c1-6-2-3-7-9(5-19-11(7)10(6)14)23-21-8-4-20-22(12(8)15)13(16,17)18/h2-5,19,21H,1H3. The van der Waals surface area contributed by atoms with Crippen molar-refractivity contribution in [3.63, 3.8) is 0 Å². The second-order valence-electron chi connectivity index (χ2n) is 4.70. The second-order valence-corrected chi connectivity index (χ2v) is 6.29. The number of nitrogens with one attached hydrogen (secondary N) is 2. The molecule has 23 heavy (non-hydrogen) atoms. The maximum atomic E-state index is 12.6. The lowest BCUT2D eigenvalue weighted by Gasteiger charge is -2.07. The van der Waals surface area contributed by atoms with Gasteiger partial charge in [-0.2, -0.15) is 9.78 Å². The fourth-order valence-electron chi connectivity index (χ4n) is 2.02. The molecule has 0 fully saturated rings. The number of aryl methyl sites for hydroxylation is 1.